The van der Waals surface area contributed by atoms with Crippen LogP contribution in [0, 0.1) is 0 Å². The SMILES string of the molecule is CC(C)(C)N1CCN(CCCCCCCCN2CCN(C(C)(C)C)C2=O)C1=O. The highest BCUT2D eigenvalue weighted by Gasteiger charge is 2.36. The van der Waals surface area contributed by atoms with Crippen LogP contribution in [0.3, 0.4) is 0 Å². The summed E-state index contributed by atoms with van der Waals surface area (Å²) in [7, 11) is 0. The molecule has 6 heteroatoms. The van der Waals surface area contributed by atoms with Crippen molar-refractivity contribution < 1.29 is 9.59 Å². The van der Waals surface area contributed by atoms with Crippen LogP contribution in [-0.4, -0.2) is 82.0 Å². The molecular weight excluding hydrogens is 352 g/mol. The van der Waals surface area contributed by atoms with Crippen LogP contribution in [0.25, 0.3) is 0 Å². The summed E-state index contributed by atoms with van der Waals surface area (Å²) in [6.07, 6.45) is 6.98. The maximum Gasteiger partial charge on any atom is 0.320 e. The van der Waals surface area contributed by atoms with Crippen LogP contribution in [-0.2, 0) is 0 Å². The Balaban J connectivity index is 1.51. The van der Waals surface area contributed by atoms with Crippen molar-refractivity contribution >= 4 is 12.1 Å². The van der Waals surface area contributed by atoms with E-state index in [-0.39, 0.29) is 23.1 Å². The zero-order valence-corrected chi connectivity index (χ0v) is 19.1. The number of nitrogens with zero attached hydrogens (tertiary/aromatic N) is 4. The van der Waals surface area contributed by atoms with Crippen LogP contribution in [0.15, 0.2) is 0 Å². The van der Waals surface area contributed by atoms with Gasteiger partial charge in [-0.25, -0.2) is 9.59 Å². The molecule has 0 atom stereocenters. The average molecular weight is 395 g/mol. The fourth-order valence-electron chi connectivity index (χ4n) is 4.14. The second-order valence-corrected chi connectivity index (χ2v) is 10.3. The first kappa shape index (κ1) is 22.8. The molecule has 2 fully saturated rings. The van der Waals surface area contributed by atoms with Gasteiger partial charge in [-0.15, -0.1) is 0 Å². The molecule has 0 bridgehead atoms. The number of urea groups is 2. The number of carbonyl (C=O) groups is 2. The molecule has 0 radical (unpaired) electrons. The third kappa shape index (κ3) is 6.02. The summed E-state index contributed by atoms with van der Waals surface area (Å²) in [4.78, 5) is 32.8. The van der Waals surface area contributed by atoms with E-state index in [1.807, 2.05) is 19.6 Å². The molecule has 4 amide bonds. The third-order valence-electron chi connectivity index (χ3n) is 5.92. The fourth-order valence-corrected chi connectivity index (χ4v) is 4.14. The molecule has 28 heavy (non-hydrogen) atoms. The Bertz CT molecular complexity index is 488. The predicted molar refractivity (Wildman–Crippen MR) is 115 cm³/mol. The maximum atomic E-state index is 12.4. The van der Waals surface area contributed by atoms with Crippen molar-refractivity contribution in [2.75, 3.05) is 39.3 Å². The van der Waals surface area contributed by atoms with Crippen LogP contribution in [0.1, 0.15) is 80.1 Å². The van der Waals surface area contributed by atoms with Gasteiger partial charge in [0.15, 0.2) is 0 Å². The summed E-state index contributed by atoms with van der Waals surface area (Å²) in [5.41, 5.74) is -0.154. The monoisotopic (exact) mass is 394 g/mol. The molecule has 0 aromatic carbocycles. The summed E-state index contributed by atoms with van der Waals surface area (Å²) >= 11 is 0. The minimum atomic E-state index is -0.0769. The standard InChI is InChI=1S/C22H42N4O2/c1-21(2,3)25-17-15-23(19(25)27)13-11-9-7-8-10-12-14-24-16-18-26(20(24)28)22(4,5)6/h7-18H2,1-6H3. The van der Waals surface area contributed by atoms with E-state index in [1.165, 1.54) is 25.7 Å². The number of amides is 4. The fraction of sp³-hybridized carbons (Fsp3) is 0.909. The lowest BCUT2D eigenvalue weighted by Gasteiger charge is -2.31. The van der Waals surface area contributed by atoms with Crippen LogP contribution < -0.4 is 0 Å². The van der Waals surface area contributed by atoms with Gasteiger partial charge >= 0.3 is 12.1 Å². The molecule has 0 aromatic heterocycles. The lowest BCUT2D eigenvalue weighted by molar-refractivity contribution is 0.154. The molecule has 2 saturated heterocycles. The van der Waals surface area contributed by atoms with Crippen molar-refractivity contribution in [1.29, 1.82) is 0 Å². The molecule has 0 aliphatic carbocycles. The number of carbonyl (C=O) groups excluding carboxylic acids is 2. The summed E-state index contributed by atoms with van der Waals surface area (Å²) in [5, 5.41) is 0. The Labute approximate surface area is 172 Å². The molecule has 2 heterocycles. The van der Waals surface area contributed by atoms with Gasteiger partial charge < -0.3 is 19.6 Å². The quantitative estimate of drug-likeness (QED) is 0.544. The smallest absolute Gasteiger partial charge is 0.320 e. The normalized spacial score (nSPS) is 18.8. The highest BCUT2D eigenvalue weighted by atomic mass is 16.2. The van der Waals surface area contributed by atoms with E-state index in [4.69, 9.17) is 0 Å². The van der Waals surface area contributed by atoms with Crippen molar-refractivity contribution in [3.8, 4) is 0 Å². The van der Waals surface area contributed by atoms with Crippen molar-refractivity contribution in [3.63, 3.8) is 0 Å². The van der Waals surface area contributed by atoms with E-state index in [0.717, 1.165) is 52.1 Å². The van der Waals surface area contributed by atoms with Gasteiger partial charge in [-0.05, 0) is 54.4 Å². The van der Waals surface area contributed by atoms with Crippen LogP contribution in [0.4, 0.5) is 9.59 Å². The zero-order chi connectivity index (χ0) is 20.9. The van der Waals surface area contributed by atoms with Crippen molar-refractivity contribution in [2.24, 2.45) is 0 Å². The molecule has 0 N–H and O–H groups in total. The highest BCUT2D eigenvalue weighted by Crippen LogP contribution is 2.22. The first-order valence-electron chi connectivity index (χ1n) is 11.1. The molecular formula is C22H42N4O2. The van der Waals surface area contributed by atoms with E-state index in [9.17, 15) is 9.59 Å². The predicted octanol–water partition coefficient (Wildman–Crippen LogP) is 4.40. The molecule has 0 spiro atoms. The zero-order valence-electron chi connectivity index (χ0n) is 19.1. The number of rotatable bonds is 9. The van der Waals surface area contributed by atoms with Crippen molar-refractivity contribution in [2.45, 2.75) is 91.1 Å². The van der Waals surface area contributed by atoms with Crippen molar-refractivity contribution in [1.82, 2.24) is 19.6 Å². The Morgan fingerprint density at radius 3 is 1.18 bits per heavy atom. The summed E-state index contributed by atoms with van der Waals surface area (Å²) in [6, 6.07) is 0.402. The van der Waals surface area contributed by atoms with Gasteiger partial charge in [-0.2, -0.15) is 0 Å². The summed E-state index contributed by atoms with van der Waals surface area (Å²) in [5.74, 6) is 0. The Kier molecular flexibility index (Phi) is 7.63. The van der Waals surface area contributed by atoms with Gasteiger partial charge in [0, 0.05) is 50.3 Å². The summed E-state index contributed by atoms with van der Waals surface area (Å²) in [6.45, 7) is 17.8. The lowest BCUT2D eigenvalue weighted by atomic mass is 10.1. The van der Waals surface area contributed by atoms with E-state index >= 15 is 0 Å². The average Bonchev–Trinajstić information content (AvgIpc) is 3.12. The molecule has 0 saturated carbocycles. The molecule has 2 rings (SSSR count). The Hall–Kier alpha value is -1.46. The minimum Gasteiger partial charge on any atom is -0.323 e. The molecule has 2 aliphatic heterocycles. The van der Waals surface area contributed by atoms with Gasteiger partial charge in [-0.1, -0.05) is 25.7 Å². The van der Waals surface area contributed by atoms with Gasteiger partial charge in [0.2, 0.25) is 0 Å². The Morgan fingerprint density at radius 1 is 0.571 bits per heavy atom. The van der Waals surface area contributed by atoms with E-state index in [0.29, 0.717) is 0 Å². The molecule has 162 valence electrons. The van der Waals surface area contributed by atoms with E-state index < -0.39 is 0 Å². The topological polar surface area (TPSA) is 47.1 Å². The van der Waals surface area contributed by atoms with Gasteiger partial charge in [0.1, 0.15) is 0 Å². The highest BCUT2D eigenvalue weighted by molar-refractivity contribution is 5.77. The number of unbranched alkanes of at least 4 members (excludes halogenated alkanes) is 5. The number of hydrogen-bond acceptors (Lipinski definition) is 2. The van der Waals surface area contributed by atoms with Crippen LogP contribution >= 0.6 is 0 Å². The van der Waals surface area contributed by atoms with Gasteiger partial charge in [-0.3, -0.25) is 0 Å². The van der Waals surface area contributed by atoms with Crippen molar-refractivity contribution in [3.05, 3.63) is 0 Å². The second-order valence-electron chi connectivity index (χ2n) is 10.3. The molecule has 2 aliphatic rings. The van der Waals surface area contributed by atoms with Gasteiger partial charge in [0.25, 0.3) is 0 Å². The molecule has 0 aromatic rings. The number of hydrogen-bond donors (Lipinski definition) is 0. The van der Waals surface area contributed by atoms with Gasteiger partial charge in [0.05, 0.1) is 0 Å². The third-order valence-corrected chi connectivity index (χ3v) is 5.92. The molecule has 6 nitrogen and oxygen atoms in total. The first-order chi connectivity index (χ1) is 13.0. The van der Waals surface area contributed by atoms with Crippen LogP contribution in [0.2, 0.25) is 0 Å². The van der Waals surface area contributed by atoms with Crippen LogP contribution in [0.5, 0.6) is 0 Å². The maximum absolute atomic E-state index is 12.4. The van der Waals surface area contributed by atoms with E-state index in [1.54, 1.807) is 0 Å². The van der Waals surface area contributed by atoms with E-state index in [2.05, 4.69) is 41.5 Å². The summed E-state index contributed by atoms with van der Waals surface area (Å²) < 4.78 is 0. The largest absolute Gasteiger partial charge is 0.323 e. The minimum absolute atomic E-state index is 0.0769. The lowest BCUT2D eigenvalue weighted by Crippen LogP contribution is -2.44. The molecule has 0 unspecified atom stereocenters. The first-order valence-corrected chi connectivity index (χ1v) is 11.1. The Morgan fingerprint density at radius 2 is 0.893 bits per heavy atom. The second kappa shape index (κ2) is 9.36.